The standard InChI is InChI=1S/C30H29N3O3/c1-3-36-26-16-10-9-15-24(26)33-27(34)17-25(30(33)35)32-18-22(20-11-5-4-6-12-20)28-21-13-7-8-14-23(21)31-29(28)19(32)2/h4-16,19,22,25,31H,3,17-18H2,1-2H3. The summed E-state index contributed by atoms with van der Waals surface area (Å²) in [5, 5.41) is 1.22. The van der Waals surface area contributed by atoms with Crippen molar-refractivity contribution in [2.75, 3.05) is 18.1 Å². The van der Waals surface area contributed by atoms with Crippen molar-refractivity contribution in [3.8, 4) is 5.75 Å². The van der Waals surface area contributed by atoms with Gasteiger partial charge in [0.25, 0.3) is 5.91 Å². The molecule has 3 aromatic carbocycles. The molecule has 2 aliphatic rings. The Bertz CT molecular complexity index is 1440. The zero-order chi connectivity index (χ0) is 24.8. The normalized spacial score (nSPS) is 22.3. The highest BCUT2D eigenvalue weighted by molar-refractivity contribution is 6.23. The predicted molar refractivity (Wildman–Crippen MR) is 140 cm³/mol. The maximum atomic E-state index is 13.8. The second-order valence-corrected chi connectivity index (χ2v) is 9.52. The fourth-order valence-electron chi connectivity index (χ4n) is 5.92. The van der Waals surface area contributed by atoms with Crippen LogP contribution in [0.15, 0.2) is 78.9 Å². The summed E-state index contributed by atoms with van der Waals surface area (Å²) in [5.41, 5.74) is 5.22. The highest BCUT2D eigenvalue weighted by Gasteiger charge is 2.48. The van der Waals surface area contributed by atoms with Gasteiger partial charge in [0.1, 0.15) is 5.75 Å². The number of amides is 2. The van der Waals surface area contributed by atoms with Gasteiger partial charge in [0.15, 0.2) is 0 Å². The van der Waals surface area contributed by atoms with Crippen LogP contribution < -0.4 is 9.64 Å². The number of carbonyl (C=O) groups excluding carboxylic acids is 2. The third kappa shape index (κ3) is 3.52. The molecule has 3 heterocycles. The van der Waals surface area contributed by atoms with E-state index >= 15 is 0 Å². The van der Waals surface area contributed by atoms with Gasteiger partial charge in [-0.25, -0.2) is 4.90 Å². The maximum absolute atomic E-state index is 13.8. The first-order valence-electron chi connectivity index (χ1n) is 12.6. The van der Waals surface area contributed by atoms with E-state index in [4.69, 9.17) is 4.74 Å². The van der Waals surface area contributed by atoms with Crippen molar-refractivity contribution in [3.05, 3.63) is 95.7 Å². The topological polar surface area (TPSA) is 65.6 Å². The molecule has 1 saturated heterocycles. The number of aromatic nitrogens is 1. The van der Waals surface area contributed by atoms with Gasteiger partial charge in [0.05, 0.1) is 24.8 Å². The van der Waals surface area contributed by atoms with E-state index in [2.05, 4.69) is 59.3 Å². The van der Waals surface area contributed by atoms with Crippen LogP contribution in [0.25, 0.3) is 10.9 Å². The van der Waals surface area contributed by atoms with E-state index in [1.54, 1.807) is 12.1 Å². The molecule has 6 nitrogen and oxygen atoms in total. The van der Waals surface area contributed by atoms with Gasteiger partial charge in [0, 0.05) is 35.1 Å². The molecule has 1 fully saturated rings. The zero-order valence-electron chi connectivity index (χ0n) is 20.5. The summed E-state index contributed by atoms with van der Waals surface area (Å²) >= 11 is 0. The van der Waals surface area contributed by atoms with Gasteiger partial charge in [-0.3, -0.25) is 14.5 Å². The number of imide groups is 1. The minimum Gasteiger partial charge on any atom is -0.492 e. The number of ether oxygens (including phenoxy) is 1. The number of nitrogens with zero attached hydrogens (tertiary/aromatic N) is 2. The zero-order valence-corrected chi connectivity index (χ0v) is 20.5. The Morgan fingerprint density at radius 2 is 1.67 bits per heavy atom. The van der Waals surface area contributed by atoms with Gasteiger partial charge in [-0.05, 0) is 43.2 Å². The van der Waals surface area contributed by atoms with Crippen LogP contribution >= 0.6 is 0 Å². The molecule has 2 amide bonds. The van der Waals surface area contributed by atoms with E-state index < -0.39 is 6.04 Å². The Hall–Kier alpha value is -3.90. The summed E-state index contributed by atoms with van der Waals surface area (Å²) in [6, 6.07) is 25.5. The van der Waals surface area contributed by atoms with Crippen molar-refractivity contribution in [1.29, 1.82) is 0 Å². The summed E-state index contributed by atoms with van der Waals surface area (Å²) < 4.78 is 5.74. The fraction of sp³-hybridized carbons (Fsp3) is 0.267. The summed E-state index contributed by atoms with van der Waals surface area (Å²) in [4.78, 5) is 34.3. The molecule has 0 bridgehead atoms. The Morgan fingerprint density at radius 3 is 2.47 bits per heavy atom. The molecular formula is C30H29N3O3. The van der Waals surface area contributed by atoms with Gasteiger partial charge in [-0.2, -0.15) is 0 Å². The van der Waals surface area contributed by atoms with E-state index in [0.29, 0.717) is 24.6 Å². The largest absolute Gasteiger partial charge is 0.492 e. The molecule has 0 radical (unpaired) electrons. The van der Waals surface area contributed by atoms with E-state index in [1.807, 2.05) is 31.2 Å². The number of hydrogen-bond donors (Lipinski definition) is 1. The molecule has 3 atom stereocenters. The number of fused-ring (bicyclic) bond motifs is 3. The number of benzene rings is 3. The molecule has 3 unspecified atom stereocenters. The van der Waals surface area contributed by atoms with E-state index in [-0.39, 0.29) is 30.2 Å². The predicted octanol–water partition coefficient (Wildman–Crippen LogP) is 5.41. The number of nitrogens with one attached hydrogen (secondary N) is 1. The van der Waals surface area contributed by atoms with Gasteiger partial charge >= 0.3 is 0 Å². The highest BCUT2D eigenvalue weighted by Crippen LogP contribution is 2.45. The van der Waals surface area contributed by atoms with Crippen molar-refractivity contribution < 1.29 is 14.3 Å². The van der Waals surface area contributed by atoms with Crippen LogP contribution in [0.3, 0.4) is 0 Å². The number of aromatic amines is 1. The molecule has 0 aliphatic carbocycles. The van der Waals surface area contributed by atoms with Gasteiger partial charge in [-0.15, -0.1) is 0 Å². The summed E-state index contributed by atoms with van der Waals surface area (Å²) in [5.74, 6) is 0.253. The smallest absolute Gasteiger partial charge is 0.251 e. The lowest BCUT2D eigenvalue weighted by molar-refractivity contribution is -0.123. The molecule has 0 spiro atoms. The number of H-pyrrole nitrogens is 1. The number of hydrogen-bond acceptors (Lipinski definition) is 4. The quantitative estimate of drug-likeness (QED) is 0.389. The average molecular weight is 480 g/mol. The van der Waals surface area contributed by atoms with E-state index in [0.717, 1.165) is 11.2 Å². The molecule has 6 heteroatoms. The van der Waals surface area contributed by atoms with Crippen molar-refractivity contribution in [3.63, 3.8) is 0 Å². The van der Waals surface area contributed by atoms with Crippen LogP contribution in [0.1, 0.15) is 49.0 Å². The van der Waals surface area contributed by atoms with Crippen molar-refractivity contribution >= 4 is 28.4 Å². The third-order valence-electron chi connectivity index (χ3n) is 7.56. The number of carbonyl (C=O) groups is 2. The second kappa shape index (κ2) is 8.95. The first-order chi connectivity index (χ1) is 17.6. The lowest BCUT2D eigenvalue weighted by Gasteiger charge is -2.41. The Morgan fingerprint density at radius 1 is 0.944 bits per heavy atom. The molecule has 1 N–H and O–H groups in total. The first kappa shape index (κ1) is 22.6. The van der Waals surface area contributed by atoms with Crippen molar-refractivity contribution in [2.45, 2.75) is 38.3 Å². The Kier molecular flexibility index (Phi) is 5.61. The number of para-hydroxylation sites is 3. The molecule has 182 valence electrons. The summed E-state index contributed by atoms with van der Waals surface area (Å²) in [7, 11) is 0. The van der Waals surface area contributed by atoms with Gasteiger partial charge in [-0.1, -0.05) is 60.7 Å². The lowest BCUT2D eigenvalue weighted by Crippen LogP contribution is -2.47. The molecule has 6 rings (SSSR count). The molecule has 1 aromatic heterocycles. The van der Waals surface area contributed by atoms with Crippen LogP contribution in [-0.2, 0) is 9.59 Å². The van der Waals surface area contributed by atoms with Crippen molar-refractivity contribution in [2.24, 2.45) is 0 Å². The minimum absolute atomic E-state index is 0.0452. The molecule has 4 aromatic rings. The molecule has 36 heavy (non-hydrogen) atoms. The second-order valence-electron chi connectivity index (χ2n) is 9.52. The third-order valence-corrected chi connectivity index (χ3v) is 7.56. The Balaban J connectivity index is 1.41. The van der Waals surface area contributed by atoms with Crippen LogP contribution in [0.5, 0.6) is 5.75 Å². The first-order valence-corrected chi connectivity index (χ1v) is 12.6. The van der Waals surface area contributed by atoms with Crippen LogP contribution in [0, 0.1) is 0 Å². The molecular weight excluding hydrogens is 450 g/mol. The maximum Gasteiger partial charge on any atom is 0.251 e. The number of anilines is 1. The van der Waals surface area contributed by atoms with Crippen molar-refractivity contribution in [1.82, 2.24) is 9.88 Å². The van der Waals surface area contributed by atoms with Crippen LogP contribution in [-0.4, -0.2) is 40.9 Å². The highest BCUT2D eigenvalue weighted by atomic mass is 16.5. The average Bonchev–Trinajstić information content (AvgIpc) is 3.43. The monoisotopic (exact) mass is 479 g/mol. The SMILES string of the molecule is CCOc1ccccc1N1C(=O)CC(N2CC(c3ccccc3)c3c([nH]c4ccccc34)C2C)C1=O. The molecule has 0 saturated carbocycles. The number of rotatable bonds is 5. The lowest BCUT2D eigenvalue weighted by atomic mass is 9.83. The van der Waals surface area contributed by atoms with Crippen LogP contribution in [0.2, 0.25) is 0 Å². The van der Waals surface area contributed by atoms with Gasteiger partial charge < -0.3 is 9.72 Å². The van der Waals surface area contributed by atoms with E-state index in [9.17, 15) is 9.59 Å². The van der Waals surface area contributed by atoms with Crippen LogP contribution in [0.4, 0.5) is 5.69 Å². The summed E-state index contributed by atoms with van der Waals surface area (Å²) in [6.07, 6.45) is 0.153. The van der Waals surface area contributed by atoms with E-state index in [1.165, 1.54) is 21.4 Å². The minimum atomic E-state index is -0.534. The molecule has 2 aliphatic heterocycles. The summed E-state index contributed by atoms with van der Waals surface area (Å²) in [6.45, 7) is 5.14. The Labute approximate surface area is 210 Å². The van der Waals surface area contributed by atoms with Gasteiger partial charge in [0.2, 0.25) is 5.91 Å². The fourth-order valence-corrected chi connectivity index (χ4v) is 5.92.